The molecule has 0 aliphatic carbocycles. The largest absolute Gasteiger partial charge is 0.437 e. The van der Waals surface area contributed by atoms with E-state index >= 15 is 0 Å². The fourth-order valence-corrected chi connectivity index (χ4v) is 4.40. The molecular formula is C22H25ClN3O6+. The molecule has 5 rings (SSSR count). The number of benzene rings is 1. The fourth-order valence-electron chi connectivity index (χ4n) is 4.14. The summed E-state index contributed by atoms with van der Waals surface area (Å²) in [6, 6.07) is 9.98. The van der Waals surface area contributed by atoms with Crippen LogP contribution >= 0.6 is 11.6 Å². The Hall–Kier alpha value is -2.27. The third kappa shape index (κ3) is 3.85. The fraction of sp³-hybridized carbons (Fsp3) is 0.455. The van der Waals surface area contributed by atoms with E-state index in [-0.39, 0.29) is 31.3 Å². The lowest BCUT2D eigenvalue weighted by Crippen LogP contribution is -2.49. The van der Waals surface area contributed by atoms with Gasteiger partial charge in [-0.15, -0.1) is 0 Å². The summed E-state index contributed by atoms with van der Waals surface area (Å²) < 4.78 is 16.6. The zero-order valence-corrected chi connectivity index (χ0v) is 18.0. The van der Waals surface area contributed by atoms with Crippen molar-refractivity contribution in [3.63, 3.8) is 0 Å². The number of aliphatic hydroxyl groups excluding tert-OH is 3. The minimum atomic E-state index is -0.790. The molecule has 32 heavy (non-hydrogen) atoms. The van der Waals surface area contributed by atoms with Crippen LogP contribution in [0.5, 0.6) is 6.01 Å². The molecule has 0 saturated carbocycles. The minimum Gasteiger partial charge on any atom is -0.437 e. The van der Waals surface area contributed by atoms with E-state index in [1.165, 1.54) is 0 Å². The molecule has 1 aromatic carbocycles. The second-order valence-corrected chi connectivity index (χ2v) is 8.81. The highest BCUT2D eigenvalue weighted by Gasteiger charge is 2.39. The number of aliphatic hydroxyl groups is 3. The number of imidazole rings is 1. The highest BCUT2D eigenvalue weighted by atomic mass is 35.5. The Morgan fingerprint density at radius 2 is 2.03 bits per heavy atom. The molecular weight excluding hydrogens is 438 g/mol. The summed E-state index contributed by atoms with van der Waals surface area (Å²) in [7, 11) is 0. The van der Waals surface area contributed by atoms with Crippen LogP contribution < -0.4 is 9.72 Å². The summed E-state index contributed by atoms with van der Waals surface area (Å²) in [5.41, 5.74) is 3.43. The van der Waals surface area contributed by atoms with Crippen LogP contribution in [0.25, 0.3) is 22.4 Å². The van der Waals surface area contributed by atoms with Gasteiger partial charge < -0.3 is 29.5 Å². The number of hydrogen-bond acceptors (Lipinski definition) is 7. The van der Waals surface area contributed by atoms with Crippen LogP contribution in [0.1, 0.15) is 12.0 Å². The Labute approximate surface area is 188 Å². The maximum atomic E-state index is 10.0. The van der Waals surface area contributed by atoms with Gasteiger partial charge in [0.05, 0.1) is 49.6 Å². The first-order valence-electron chi connectivity index (χ1n) is 10.5. The van der Waals surface area contributed by atoms with E-state index in [0.29, 0.717) is 47.5 Å². The summed E-state index contributed by atoms with van der Waals surface area (Å²) in [5.74, 6) is 0. The molecule has 0 bridgehead atoms. The molecule has 0 spiro atoms. The molecule has 0 amide bonds. The normalized spacial score (nSPS) is 24.9. The molecule has 2 fully saturated rings. The van der Waals surface area contributed by atoms with E-state index in [4.69, 9.17) is 25.8 Å². The summed E-state index contributed by atoms with van der Waals surface area (Å²) in [6.07, 6.45) is -1.39. The second kappa shape index (κ2) is 8.58. The van der Waals surface area contributed by atoms with Gasteiger partial charge in [-0.2, -0.15) is 0 Å². The van der Waals surface area contributed by atoms with Gasteiger partial charge in [0.25, 0.3) is 0 Å². The summed E-state index contributed by atoms with van der Waals surface area (Å²) in [5, 5.41) is 29.4. The molecule has 10 heteroatoms. The van der Waals surface area contributed by atoms with Gasteiger partial charge in [0.1, 0.15) is 12.2 Å². The van der Waals surface area contributed by atoms with Gasteiger partial charge in [-0.05, 0) is 5.56 Å². The van der Waals surface area contributed by atoms with Gasteiger partial charge in [0.15, 0.2) is 11.2 Å². The van der Waals surface area contributed by atoms with Crippen molar-refractivity contribution < 1.29 is 34.5 Å². The van der Waals surface area contributed by atoms with E-state index in [1.54, 1.807) is 6.07 Å². The first-order chi connectivity index (χ1) is 15.5. The molecule has 2 aliphatic heterocycles. The number of hydrogen-bond donors (Lipinski definition) is 4. The first-order valence-corrected chi connectivity index (χ1v) is 10.9. The lowest BCUT2D eigenvalue weighted by Gasteiger charge is -2.40. The molecule has 9 nitrogen and oxygen atoms in total. The van der Waals surface area contributed by atoms with Gasteiger partial charge in [-0.25, -0.2) is 9.97 Å². The van der Waals surface area contributed by atoms with Crippen molar-refractivity contribution in [3.8, 4) is 17.3 Å². The first kappa shape index (κ1) is 21.6. The van der Waals surface area contributed by atoms with E-state index in [9.17, 15) is 15.3 Å². The second-order valence-electron chi connectivity index (χ2n) is 8.40. The summed E-state index contributed by atoms with van der Waals surface area (Å²) in [6.45, 7) is 1.10. The molecule has 170 valence electrons. The van der Waals surface area contributed by atoms with Crippen LogP contribution in [-0.2, 0) is 14.9 Å². The summed E-state index contributed by atoms with van der Waals surface area (Å²) in [4.78, 5) is 10.9. The summed E-state index contributed by atoms with van der Waals surface area (Å²) >= 11 is 6.51. The zero-order valence-electron chi connectivity index (χ0n) is 17.3. The Bertz CT molecular complexity index is 1100. The van der Waals surface area contributed by atoms with Crippen LogP contribution in [0.4, 0.5) is 0 Å². The third-order valence-electron chi connectivity index (χ3n) is 6.18. The number of fused-ring (bicyclic) bond motifs is 1. The maximum Gasteiger partial charge on any atom is 0.395 e. The highest BCUT2D eigenvalue weighted by Crippen LogP contribution is 2.34. The third-order valence-corrected chi connectivity index (χ3v) is 6.47. The number of aromatic amines is 2. The van der Waals surface area contributed by atoms with E-state index in [1.807, 2.05) is 24.3 Å². The monoisotopic (exact) mass is 462 g/mol. The molecule has 2 saturated heterocycles. The highest BCUT2D eigenvalue weighted by molar-refractivity contribution is 6.33. The van der Waals surface area contributed by atoms with Crippen molar-refractivity contribution in [2.75, 3.05) is 33.0 Å². The molecule has 3 atom stereocenters. The van der Waals surface area contributed by atoms with Crippen LogP contribution in [-0.4, -0.2) is 76.6 Å². The average Bonchev–Trinajstić information content (AvgIpc) is 3.14. The predicted octanol–water partition coefficient (Wildman–Crippen LogP) is 0.847. The molecule has 5 N–H and O–H groups in total. The number of aromatic nitrogens is 3. The lowest BCUT2D eigenvalue weighted by molar-refractivity contribution is -0.370. The number of rotatable bonds is 6. The van der Waals surface area contributed by atoms with Crippen molar-refractivity contribution >= 4 is 22.8 Å². The van der Waals surface area contributed by atoms with Crippen LogP contribution in [0.2, 0.25) is 5.02 Å². The molecule has 0 radical (unpaired) electrons. The standard InChI is InChI=1S/C22H24ClN3O6/c23-15-6-16-20(26-21(24-16)32-14-5-17(29)18(7-27)31-8-14)25-19(15)12-1-3-13(4-2-12)22(9-28)10-30-11-22/h1-4,6,14,17-18,27-29H,5,7-11H2,(H,24,25,26)/p+1. The minimum absolute atomic E-state index is 0.0438. The van der Waals surface area contributed by atoms with Crippen molar-refractivity contribution in [3.05, 3.63) is 40.9 Å². The topological polar surface area (TPSA) is 131 Å². The SMILES string of the molecule is OCC1OCC(Oc2[nH]c3cc(Cl)c(-c4ccc(C5(CO)COC5)cc4)nc3[nH+]2)CC1O. The Morgan fingerprint density at radius 1 is 1.25 bits per heavy atom. The van der Waals surface area contributed by atoms with Crippen LogP contribution in [0.15, 0.2) is 30.3 Å². The van der Waals surface area contributed by atoms with E-state index < -0.39 is 12.2 Å². The number of pyridine rings is 1. The maximum absolute atomic E-state index is 10.0. The molecule has 3 aromatic rings. The number of halogens is 1. The van der Waals surface area contributed by atoms with Crippen LogP contribution in [0, 0.1) is 0 Å². The Morgan fingerprint density at radius 3 is 2.66 bits per heavy atom. The average molecular weight is 463 g/mol. The van der Waals surface area contributed by atoms with Gasteiger partial charge >= 0.3 is 11.7 Å². The molecule has 2 aromatic heterocycles. The van der Waals surface area contributed by atoms with Crippen molar-refractivity contribution in [1.82, 2.24) is 9.97 Å². The van der Waals surface area contributed by atoms with E-state index in [0.717, 1.165) is 11.1 Å². The van der Waals surface area contributed by atoms with Crippen molar-refractivity contribution in [2.24, 2.45) is 0 Å². The van der Waals surface area contributed by atoms with Gasteiger partial charge in [-0.3, -0.25) is 0 Å². The predicted molar refractivity (Wildman–Crippen MR) is 115 cm³/mol. The number of nitrogens with one attached hydrogen (secondary N) is 2. The lowest BCUT2D eigenvalue weighted by atomic mass is 9.79. The molecule has 2 aliphatic rings. The van der Waals surface area contributed by atoms with Crippen molar-refractivity contribution in [1.29, 1.82) is 0 Å². The quantitative estimate of drug-likeness (QED) is 0.427. The Balaban J connectivity index is 1.36. The number of H-pyrrole nitrogens is 2. The number of nitrogens with zero attached hydrogens (tertiary/aromatic N) is 1. The van der Waals surface area contributed by atoms with Crippen molar-refractivity contribution in [2.45, 2.75) is 30.1 Å². The Kier molecular flexibility index (Phi) is 5.79. The van der Waals surface area contributed by atoms with Gasteiger partial charge in [0.2, 0.25) is 0 Å². The zero-order chi connectivity index (χ0) is 22.3. The number of ether oxygens (including phenoxy) is 3. The van der Waals surface area contributed by atoms with Gasteiger partial charge in [0, 0.05) is 18.1 Å². The van der Waals surface area contributed by atoms with Gasteiger partial charge in [-0.1, -0.05) is 40.9 Å². The smallest absolute Gasteiger partial charge is 0.395 e. The van der Waals surface area contributed by atoms with E-state index in [2.05, 4.69) is 15.0 Å². The molecule has 3 unspecified atom stereocenters. The molecule has 4 heterocycles. The van der Waals surface area contributed by atoms with Crippen LogP contribution in [0.3, 0.4) is 0 Å².